The van der Waals surface area contributed by atoms with Crippen LogP contribution in [0.1, 0.15) is 47.5 Å². The number of hydrogen-bond acceptors (Lipinski definition) is 1. The summed E-state index contributed by atoms with van der Waals surface area (Å²) in [4.78, 5) is 4.13. The van der Waals surface area contributed by atoms with Gasteiger partial charge in [0, 0.05) is 17.9 Å². The Hall–Kier alpha value is -0.790. The first-order valence-electron chi connectivity index (χ1n) is 5.36. The Labute approximate surface area is 87.4 Å². The molecule has 0 amide bonds. The minimum absolute atomic E-state index is 0.203. The Morgan fingerprint density at radius 1 is 1.21 bits per heavy atom. The van der Waals surface area contributed by atoms with E-state index in [1.807, 2.05) is 12.5 Å². The number of rotatable bonds is 3. The van der Waals surface area contributed by atoms with E-state index in [0.717, 1.165) is 6.42 Å². The molecule has 14 heavy (non-hydrogen) atoms. The fourth-order valence-corrected chi connectivity index (χ4v) is 2.12. The highest BCUT2D eigenvalue weighted by atomic mass is 15.1. The summed E-state index contributed by atoms with van der Waals surface area (Å²) in [5.41, 5.74) is 0.559. The van der Waals surface area contributed by atoms with Gasteiger partial charge in [0.1, 0.15) is 0 Å². The number of aromatic nitrogens is 2. The highest BCUT2D eigenvalue weighted by Crippen LogP contribution is 2.34. The lowest BCUT2D eigenvalue weighted by atomic mass is 9.79. The van der Waals surface area contributed by atoms with Crippen molar-refractivity contribution in [2.24, 2.45) is 5.41 Å². The fraction of sp³-hybridized carbons (Fsp3) is 0.750. The van der Waals surface area contributed by atoms with E-state index in [9.17, 15) is 0 Å². The molecule has 0 saturated heterocycles. The van der Waals surface area contributed by atoms with E-state index in [1.165, 1.54) is 6.42 Å². The predicted octanol–water partition coefficient (Wildman–Crippen LogP) is 3.44. The zero-order valence-corrected chi connectivity index (χ0v) is 10.0. The zero-order chi connectivity index (χ0) is 10.8. The van der Waals surface area contributed by atoms with Gasteiger partial charge in [-0.25, -0.2) is 4.98 Å². The molecule has 0 saturated carbocycles. The highest BCUT2D eigenvalue weighted by Gasteiger charge is 2.29. The first-order chi connectivity index (χ1) is 6.37. The van der Waals surface area contributed by atoms with Crippen molar-refractivity contribution in [3.8, 4) is 0 Å². The van der Waals surface area contributed by atoms with Gasteiger partial charge >= 0.3 is 0 Å². The average molecular weight is 194 g/mol. The van der Waals surface area contributed by atoms with Crippen LogP contribution in [-0.4, -0.2) is 9.55 Å². The molecule has 0 spiro atoms. The van der Waals surface area contributed by atoms with E-state index >= 15 is 0 Å². The molecule has 2 heteroatoms. The molecule has 1 aromatic heterocycles. The third-order valence-corrected chi connectivity index (χ3v) is 2.80. The molecule has 0 aromatic carbocycles. The van der Waals surface area contributed by atoms with E-state index in [-0.39, 0.29) is 5.54 Å². The summed E-state index contributed by atoms with van der Waals surface area (Å²) >= 11 is 0. The van der Waals surface area contributed by atoms with E-state index in [0.29, 0.717) is 5.41 Å². The molecule has 0 fully saturated rings. The van der Waals surface area contributed by atoms with Gasteiger partial charge in [0.15, 0.2) is 0 Å². The zero-order valence-electron chi connectivity index (χ0n) is 10.0. The Kier molecular flexibility index (Phi) is 3.03. The molecule has 0 radical (unpaired) electrons. The second-order valence-corrected chi connectivity index (χ2v) is 5.56. The minimum atomic E-state index is 0.203. The van der Waals surface area contributed by atoms with Crippen LogP contribution in [0.4, 0.5) is 0 Å². The molecule has 1 atom stereocenters. The van der Waals surface area contributed by atoms with Crippen molar-refractivity contribution in [1.29, 1.82) is 0 Å². The van der Waals surface area contributed by atoms with E-state index in [4.69, 9.17) is 0 Å². The lowest BCUT2D eigenvalue weighted by molar-refractivity contribution is 0.188. The summed E-state index contributed by atoms with van der Waals surface area (Å²) in [5.74, 6) is 0. The normalized spacial score (nSPS) is 16.6. The molecule has 0 aliphatic heterocycles. The van der Waals surface area contributed by atoms with Gasteiger partial charge in [-0.3, -0.25) is 0 Å². The Bertz CT molecular complexity index is 269. The van der Waals surface area contributed by atoms with Crippen LogP contribution >= 0.6 is 0 Å². The standard InChI is InChI=1S/C12H22N2/c1-6-12(5,9-11(2,3)4)14-8-7-13-10-14/h7-8,10H,6,9H2,1-5H3. The molecule has 1 unspecified atom stereocenters. The Morgan fingerprint density at radius 3 is 2.21 bits per heavy atom. The van der Waals surface area contributed by atoms with Crippen LogP contribution < -0.4 is 0 Å². The van der Waals surface area contributed by atoms with Crippen LogP contribution in [0.15, 0.2) is 18.7 Å². The summed E-state index contributed by atoms with van der Waals surface area (Å²) in [6, 6.07) is 0. The molecule has 1 rings (SSSR count). The van der Waals surface area contributed by atoms with Gasteiger partial charge in [-0.1, -0.05) is 27.7 Å². The number of imidazole rings is 1. The summed E-state index contributed by atoms with van der Waals surface area (Å²) in [5, 5.41) is 0. The fourth-order valence-electron chi connectivity index (χ4n) is 2.12. The van der Waals surface area contributed by atoms with Crippen LogP contribution in [0, 0.1) is 5.41 Å². The van der Waals surface area contributed by atoms with Gasteiger partial charge in [-0.05, 0) is 25.2 Å². The number of hydrogen-bond donors (Lipinski definition) is 0. The van der Waals surface area contributed by atoms with Crippen molar-refractivity contribution in [3.63, 3.8) is 0 Å². The molecule has 0 N–H and O–H groups in total. The summed E-state index contributed by atoms with van der Waals surface area (Å²) in [7, 11) is 0. The monoisotopic (exact) mass is 194 g/mol. The lowest BCUT2D eigenvalue weighted by Crippen LogP contribution is -2.33. The van der Waals surface area contributed by atoms with E-state index in [1.54, 1.807) is 0 Å². The maximum absolute atomic E-state index is 4.13. The van der Waals surface area contributed by atoms with Gasteiger partial charge in [-0.15, -0.1) is 0 Å². The quantitative estimate of drug-likeness (QED) is 0.720. The van der Waals surface area contributed by atoms with Crippen LogP contribution in [0.2, 0.25) is 0 Å². The minimum Gasteiger partial charge on any atom is -0.332 e. The predicted molar refractivity (Wildman–Crippen MR) is 60.2 cm³/mol. The van der Waals surface area contributed by atoms with Crippen molar-refractivity contribution in [1.82, 2.24) is 9.55 Å². The van der Waals surface area contributed by atoms with Crippen molar-refractivity contribution in [3.05, 3.63) is 18.7 Å². The third-order valence-electron chi connectivity index (χ3n) is 2.80. The van der Waals surface area contributed by atoms with Crippen molar-refractivity contribution in [2.75, 3.05) is 0 Å². The maximum atomic E-state index is 4.13. The van der Waals surface area contributed by atoms with Crippen molar-refractivity contribution in [2.45, 2.75) is 53.0 Å². The first-order valence-corrected chi connectivity index (χ1v) is 5.36. The second-order valence-electron chi connectivity index (χ2n) is 5.56. The number of nitrogens with zero attached hydrogens (tertiary/aromatic N) is 2. The molecular weight excluding hydrogens is 172 g/mol. The van der Waals surface area contributed by atoms with E-state index in [2.05, 4.69) is 50.4 Å². The van der Waals surface area contributed by atoms with Crippen LogP contribution in [0.3, 0.4) is 0 Å². The molecule has 80 valence electrons. The lowest BCUT2D eigenvalue weighted by Gasteiger charge is -2.36. The molecule has 2 nitrogen and oxygen atoms in total. The van der Waals surface area contributed by atoms with Crippen LogP contribution in [-0.2, 0) is 5.54 Å². The smallest absolute Gasteiger partial charge is 0.0951 e. The van der Waals surface area contributed by atoms with Crippen molar-refractivity contribution < 1.29 is 0 Å². The SMILES string of the molecule is CCC(C)(CC(C)(C)C)n1ccnc1. The van der Waals surface area contributed by atoms with Gasteiger partial charge in [0.05, 0.1) is 6.33 Å². The molecule has 1 heterocycles. The molecule has 0 aliphatic carbocycles. The summed E-state index contributed by atoms with van der Waals surface area (Å²) in [6.45, 7) is 11.4. The second kappa shape index (κ2) is 3.76. The Balaban J connectivity index is 2.88. The highest BCUT2D eigenvalue weighted by molar-refractivity contribution is 4.90. The molecule has 0 bridgehead atoms. The van der Waals surface area contributed by atoms with Gasteiger partial charge < -0.3 is 4.57 Å². The maximum Gasteiger partial charge on any atom is 0.0951 e. The van der Waals surface area contributed by atoms with Gasteiger partial charge in [0.2, 0.25) is 0 Å². The topological polar surface area (TPSA) is 17.8 Å². The largest absolute Gasteiger partial charge is 0.332 e. The van der Waals surface area contributed by atoms with Gasteiger partial charge in [0.25, 0.3) is 0 Å². The first kappa shape index (κ1) is 11.3. The molecule has 0 aliphatic rings. The van der Waals surface area contributed by atoms with E-state index < -0.39 is 0 Å². The summed E-state index contributed by atoms with van der Waals surface area (Å²) < 4.78 is 2.23. The van der Waals surface area contributed by atoms with Crippen LogP contribution in [0.25, 0.3) is 0 Å². The Morgan fingerprint density at radius 2 is 1.86 bits per heavy atom. The molecule has 1 aromatic rings. The van der Waals surface area contributed by atoms with Gasteiger partial charge in [-0.2, -0.15) is 0 Å². The summed E-state index contributed by atoms with van der Waals surface area (Å²) in [6.07, 6.45) is 8.16. The van der Waals surface area contributed by atoms with Crippen LogP contribution in [0.5, 0.6) is 0 Å². The average Bonchev–Trinajstić information content (AvgIpc) is 2.53. The molecular formula is C12H22N2. The third kappa shape index (κ3) is 2.60. The van der Waals surface area contributed by atoms with Crippen molar-refractivity contribution >= 4 is 0 Å².